The maximum Gasteiger partial charge on any atom is 0.416 e. The molecule has 3 heterocycles. The van der Waals surface area contributed by atoms with E-state index in [1.165, 1.54) is 6.07 Å². The van der Waals surface area contributed by atoms with E-state index >= 15 is 0 Å². The van der Waals surface area contributed by atoms with Crippen LogP contribution in [0.4, 0.5) is 36.4 Å². The number of alkyl halides is 3. The molecule has 0 aliphatic carbocycles. The second-order valence-electron chi connectivity index (χ2n) is 9.43. The van der Waals surface area contributed by atoms with Crippen molar-refractivity contribution >= 4 is 34.2 Å². The van der Waals surface area contributed by atoms with Gasteiger partial charge in [-0.05, 0) is 63.4 Å². The molecule has 1 aromatic carbocycles. The Balaban J connectivity index is 1.70. The average Bonchev–Trinajstić information content (AvgIpc) is 2.82. The summed E-state index contributed by atoms with van der Waals surface area (Å²) in [6.45, 7) is 7.34. The van der Waals surface area contributed by atoms with E-state index in [1.807, 2.05) is 19.9 Å². The van der Waals surface area contributed by atoms with E-state index in [4.69, 9.17) is 10.5 Å². The topological polar surface area (TPSA) is 101 Å². The van der Waals surface area contributed by atoms with Crippen molar-refractivity contribution in [3.05, 3.63) is 41.6 Å². The normalized spacial score (nSPS) is 15.9. The number of nitrogens with two attached hydrogens (primary N) is 1. The molecule has 194 valence electrons. The smallest absolute Gasteiger partial charge is 0.399 e. The predicted octanol–water partition coefficient (Wildman–Crippen LogP) is 5.23. The zero-order chi connectivity index (χ0) is 26.0. The second kappa shape index (κ2) is 10.3. The fraction of sp³-hybridized carbons (Fsp3) is 0.480. The second-order valence-corrected chi connectivity index (χ2v) is 9.43. The van der Waals surface area contributed by atoms with Gasteiger partial charge in [-0.3, -0.25) is 0 Å². The Morgan fingerprint density at radius 2 is 1.78 bits per heavy atom. The van der Waals surface area contributed by atoms with E-state index in [-0.39, 0.29) is 17.8 Å². The molecule has 0 amide bonds. The number of ether oxygens (including phenoxy) is 1. The van der Waals surface area contributed by atoms with Gasteiger partial charge in [0, 0.05) is 37.3 Å². The number of nitrogen functional groups attached to an aromatic ring is 1. The van der Waals surface area contributed by atoms with Crippen LogP contribution in [0.15, 0.2) is 30.5 Å². The zero-order valence-electron chi connectivity index (χ0n) is 20.9. The lowest BCUT2D eigenvalue weighted by atomic mass is 10.0. The first-order valence-electron chi connectivity index (χ1n) is 12.0. The van der Waals surface area contributed by atoms with Gasteiger partial charge in [0.25, 0.3) is 0 Å². The standard InChI is InChI=1S/C25H32F3N7O/c1-14(2)31-24-33-21-13-30-22(35-7-5-19(36-4)6-8-35)12-20(21)23(34-24)32-15(3)16-9-17(25(26,27)28)11-18(29)10-16/h9-15,19H,5-8,29H2,1-4H3,(H2,31,32,33,34)/t15-/m1/s1. The summed E-state index contributed by atoms with van der Waals surface area (Å²) >= 11 is 0. The fourth-order valence-electron chi connectivity index (χ4n) is 4.33. The van der Waals surface area contributed by atoms with Crippen LogP contribution in [0.2, 0.25) is 0 Å². The number of pyridine rings is 1. The molecule has 0 spiro atoms. The summed E-state index contributed by atoms with van der Waals surface area (Å²) in [5, 5.41) is 7.21. The number of methoxy groups -OCH3 is 1. The number of piperidine rings is 1. The number of hydrogen-bond acceptors (Lipinski definition) is 8. The lowest BCUT2D eigenvalue weighted by Gasteiger charge is -2.32. The number of anilines is 4. The van der Waals surface area contributed by atoms with Crippen molar-refractivity contribution in [2.75, 3.05) is 41.5 Å². The Morgan fingerprint density at radius 3 is 2.42 bits per heavy atom. The summed E-state index contributed by atoms with van der Waals surface area (Å²) in [4.78, 5) is 16.1. The van der Waals surface area contributed by atoms with Crippen molar-refractivity contribution in [3.63, 3.8) is 0 Å². The number of aromatic nitrogens is 3. The highest BCUT2D eigenvalue weighted by molar-refractivity contribution is 5.91. The summed E-state index contributed by atoms with van der Waals surface area (Å²) in [7, 11) is 1.73. The molecule has 4 N–H and O–H groups in total. The number of benzene rings is 1. The lowest BCUT2D eigenvalue weighted by molar-refractivity contribution is -0.137. The minimum atomic E-state index is -4.49. The van der Waals surface area contributed by atoms with Gasteiger partial charge in [-0.2, -0.15) is 18.2 Å². The molecular formula is C25H32F3N7O. The molecule has 1 aliphatic rings. The molecule has 1 aliphatic heterocycles. The summed E-state index contributed by atoms with van der Waals surface area (Å²) in [5.74, 6) is 1.71. The number of nitrogens with one attached hydrogen (secondary N) is 2. The third-order valence-corrected chi connectivity index (χ3v) is 6.24. The SMILES string of the molecule is COC1CCN(c2cc3c(N[C@H](C)c4cc(N)cc(C(F)(F)F)c4)nc(NC(C)C)nc3cn2)CC1. The third-order valence-electron chi connectivity index (χ3n) is 6.24. The molecule has 3 aromatic rings. The van der Waals surface area contributed by atoms with Crippen molar-refractivity contribution in [2.45, 2.75) is 58.0 Å². The summed E-state index contributed by atoms with van der Waals surface area (Å²) < 4.78 is 45.6. The van der Waals surface area contributed by atoms with Crippen LogP contribution in [0.3, 0.4) is 0 Å². The maximum atomic E-state index is 13.4. The zero-order valence-corrected chi connectivity index (χ0v) is 20.9. The van der Waals surface area contributed by atoms with Gasteiger partial charge in [0.2, 0.25) is 5.95 Å². The van der Waals surface area contributed by atoms with Gasteiger partial charge in [-0.1, -0.05) is 0 Å². The number of hydrogen-bond donors (Lipinski definition) is 3. The number of fused-ring (bicyclic) bond motifs is 1. The van der Waals surface area contributed by atoms with Crippen LogP contribution in [-0.4, -0.2) is 47.3 Å². The summed E-state index contributed by atoms with van der Waals surface area (Å²) in [6, 6.07) is 5.09. The van der Waals surface area contributed by atoms with Gasteiger partial charge in [-0.25, -0.2) is 9.97 Å². The third kappa shape index (κ3) is 5.89. The van der Waals surface area contributed by atoms with Gasteiger partial charge >= 0.3 is 6.18 Å². The van der Waals surface area contributed by atoms with Gasteiger partial charge < -0.3 is 26.0 Å². The molecule has 1 atom stereocenters. The molecule has 2 aromatic heterocycles. The molecule has 0 saturated carbocycles. The molecule has 11 heteroatoms. The van der Waals surface area contributed by atoms with Crippen LogP contribution in [0.5, 0.6) is 0 Å². The van der Waals surface area contributed by atoms with E-state index in [0.717, 1.165) is 49.3 Å². The van der Waals surface area contributed by atoms with Gasteiger partial charge in [0.15, 0.2) is 0 Å². The van der Waals surface area contributed by atoms with Crippen LogP contribution in [0.1, 0.15) is 50.8 Å². The Kier molecular flexibility index (Phi) is 7.39. The first-order chi connectivity index (χ1) is 17.0. The first kappa shape index (κ1) is 25.7. The van der Waals surface area contributed by atoms with Crippen molar-refractivity contribution in [1.82, 2.24) is 15.0 Å². The molecular weight excluding hydrogens is 471 g/mol. The number of rotatable bonds is 7. The molecule has 0 radical (unpaired) electrons. The summed E-state index contributed by atoms with van der Waals surface area (Å²) in [5.41, 5.74) is 6.09. The monoisotopic (exact) mass is 503 g/mol. The average molecular weight is 504 g/mol. The predicted molar refractivity (Wildman–Crippen MR) is 136 cm³/mol. The Labute approximate surface area is 208 Å². The highest BCUT2D eigenvalue weighted by Gasteiger charge is 2.31. The lowest BCUT2D eigenvalue weighted by Crippen LogP contribution is -2.37. The molecule has 1 fully saturated rings. The summed E-state index contributed by atoms with van der Waals surface area (Å²) in [6.07, 6.45) is -0.728. The quantitative estimate of drug-likeness (QED) is 0.377. The first-order valence-corrected chi connectivity index (χ1v) is 12.0. The van der Waals surface area contributed by atoms with E-state index in [1.54, 1.807) is 20.2 Å². The van der Waals surface area contributed by atoms with Crippen LogP contribution >= 0.6 is 0 Å². The fourth-order valence-corrected chi connectivity index (χ4v) is 4.33. The maximum absolute atomic E-state index is 13.4. The molecule has 4 rings (SSSR count). The number of halogens is 3. The van der Waals surface area contributed by atoms with E-state index in [2.05, 4.69) is 30.5 Å². The van der Waals surface area contributed by atoms with Crippen LogP contribution in [0.25, 0.3) is 10.9 Å². The molecule has 1 saturated heterocycles. The van der Waals surface area contributed by atoms with E-state index < -0.39 is 17.8 Å². The van der Waals surface area contributed by atoms with Crippen LogP contribution < -0.4 is 21.3 Å². The van der Waals surface area contributed by atoms with Gasteiger partial charge in [-0.15, -0.1) is 0 Å². The number of nitrogens with zero attached hydrogens (tertiary/aromatic N) is 4. The Hall–Kier alpha value is -3.34. The van der Waals surface area contributed by atoms with Crippen LogP contribution in [0, 0.1) is 0 Å². The van der Waals surface area contributed by atoms with Gasteiger partial charge in [0.1, 0.15) is 11.6 Å². The Morgan fingerprint density at radius 1 is 1.06 bits per heavy atom. The van der Waals surface area contributed by atoms with E-state index in [9.17, 15) is 13.2 Å². The molecule has 0 unspecified atom stereocenters. The molecule has 36 heavy (non-hydrogen) atoms. The molecule has 0 bridgehead atoms. The van der Waals surface area contributed by atoms with Crippen molar-refractivity contribution < 1.29 is 17.9 Å². The van der Waals surface area contributed by atoms with Crippen molar-refractivity contribution in [3.8, 4) is 0 Å². The molecule has 8 nitrogen and oxygen atoms in total. The Bertz CT molecular complexity index is 1210. The van der Waals surface area contributed by atoms with Crippen molar-refractivity contribution in [2.24, 2.45) is 0 Å². The highest BCUT2D eigenvalue weighted by atomic mass is 19.4. The minimum absolute atomic E-state index is 0.0501. The highest BCUT2D eigenvalue weighted by Crippen LogP contribution is 2.34. The van der Waals surface area contributed by atoms with Crippen molar-refractivity contribution in [1.29, 1.82) is 0 Å². The van der Waals surface area contributed by atoms with Crippen LogP contribution in [-0.2, 0) is 10.9 Å². The minimum Gasteiger partial charge on any atom is -0.399 e. The van der Waals surface area contributed by atoms with E-state index in [0.29, 0.717) is 22.8 Å². The van der Waals surface area contributed by atoms with Gasteiger partial charge in [0.05, 0.1) is 29.4 Å². The largest absolute Gasteiger partial charge is 0.416 e.